The average molecular weight is 544 g/mol. The molecule has 1 atom stereocenters. The number of nitriles is 1. The summed E-state index contributed by atoms with van der Waals surface area (Å²) < 4.78 is 24.5. The van der Waals surface area contributed by atoms with Crippen molar-refractivity contribution in [2.75, 3.05) is 0 Å². The van der Waals surface area contributed by atoms with Crippen LogP contribution < -0.4 is 5.56 Å². The van der Waals surface area contributed by atoms with E-state index in [-0.39, 0.29) is 24.1 Å². The fraction of sp³-hybridized carbons (Fsp3) is 0.367. The second kappa shape index (κ2) is 11.4. The predicted molar refractivity (Wildman–Crippen MR) is 145 cm³/mol. The van der Waals surface area contributed by atoms with Crippen molar-refractivity contribution >= 4 is 11.7 Å². The van der Waals surface area contributed by atoms with Crippen LogP contribution in [0.5, 0.6) is 0 Å². The van der Waals surface area contributed by atoms with Crippen LogP contribution in [0.15, 0.2) is 53.6 Å². The summed E-state index contributed by atoms with van der Waals surface area (Å²) in [5, 5.41) is 23.2. The molecule has 0 aliphatic heterocycles. The third-order valence-electron chi connectivity index (χ3n) is 7.53. The molecule has 2 aromatic heterocycles. The number of halogens is 1. The van der Waals surface area contributed by atoms with E-state index in [9.17, 15) is 20.0 Å². The minimum Gasteiger partial charge on any atom is -0.479 e. The number of hydrogen-bond donors (Lipinski definition) is 1. The van der Waals surface area contributed by atoms with Crippen molar-refractivity contribution in [1.29, 1.82) is 5.26 Å². The van der Waals surface area contributed by atoms with Crippen LogP contribution in [-0.4, -0.2) is 42.4 Å². The minimum absolute atomic E-state index is 0.0690. The first kappa shape index (κ1) is 27.2. The molecule has 1 saturated carbocycles. The Hall–Kier alpha value is -4.36. The molecule has 1 aliphatic rings. The molecular formula is C30H30FN5O4. The molecule has 206 valence electrons. The molecule has 0 bridgehead atoms. The van der Waals surface area contributed by atoms with E-state index in [1.165, 1.54) is 12.4 Å². The number of rotatable bonds is 10. The Kier molecular flexibility index (Phi) is 7.76. The van der Waals surface area contributed by atoms with Gasteiger partial charge in [-0.2, -0.15) is 15.3 Å². The summed E-state index contributed by atoms with van der Waals surface area (Å²) in [6.45, 7) is 3.76. The van der Waals surface area contributed by atoms with Gasteiger partial charge in [0.05, 0.1) is 23.4 Å². The van der Waals surface area contributed by atoms with E-state index in [0.29, 0.717) is 65.0 Å². The first-order valence-corrected chi connectivity index (χ1v) is 13.5. The van der Waals surface area contributed by atoms with Crippen LogP contribution in [0.1, 0.15) is 68.0 Å². The topological polar surface area (TPSA) is 123 Å². The molecule has 5 rings (SSSR count). The lowest BCUT2D eigenvalue weighted by molar-refractivity contribution is -0.160. The van der Waals surface area contributed by atoms with E-state index in [1.54, 1.807) is 52.4 Å². The van der Waals surface area contributed by atoms with Gasteiger partial charge in [-0.3, -0.25) is 9.36 Å². The molecule has 1 N–H and O–H groups in total. The van der Waals surface area contributed by atoms with Gasteiger partial charge in [-0.15, -0.1) is 0 Å². The van der Waals surface area contributed by atoms with Crippen LogP contribution in [0.3, 0.4) is 0 Å². The lowest BCUT2D eigenvalue weighted by atomic mass is 9.88. The minimum atomic E-state index is -1.00. The van der Waals surface area contributed by atoms with E-state index in [4.69, 9.17) is 4.74 Å². The highest BCUT2D eigenvalue weighted by Crippen LogP contribution is 2.36. The van der Waals surface area contributed by atoms with E-state index in [2.05, 4.69) is 16.2 Å². The van der Waals surface area contributed by atoms with Gasteiger partial charge >= 0.3 is 5.97 Å². The van der Waals surface area contributed by atoms with Gasteiger partial charge in [0.1, 0.15) is 12.1 Å². The third-order valence-corrected chi connectivity index (χ3v) is 7.53. The molecular weight excluding hydrogens is 513 g/mol. The van der Waals surface area contributed by atoms with Gasteiger partial charge in [0.2, 0.25) is 5.78 Å². The second-order valence-electron chi connectivity index (χ2n) is 10.1. The summed E-state index contributed by atoms with van der Waals surface area (Å²) in [7, 11) is 0. The second-order valence-corrected chi connectivity index (χ2v) is 10.1. The number of aryl methyl sites for hydroxylation is 1. The highest BCUT2D eigenvalue weighted by atomic mass is 19.1. The van der Waals surface area contributed by atoms with Crippen LogP contribution in [0.25, 0.3) is 16.9 Å². The molecule has 1 fully saturated rings. The van der Waals surface area contributed by atoms with Crippen molar-refractivity contribution < 1.29 is 19.0 Å². The van der Waals surface area contributed by atoms with Crippen LogP contribution in [-0.2, 0) is 22.4 Å². The van der Waals surface area contributed by atoms with Crippen LogP contribution >= 0.6 is 0 Å². The highest BCUT2D eigenvalue weighted by Gasteiger charge is 2.37. The number of ether oxygens (including phenoxy) is 1. The number of carboxylic acid groups (broad SMARTS) is 1. The SMILES string of the molecule is CCCc1c(Cc2ccc(-c3ccccc3C#N)cc2F)c(=O)n([C@H]2C[C@H](OC(CC)C(=O)O)C2)c2ncnn12. The monoisotopic (exact) mass is 543 g/mol. The Morgan fingerprint density at radius 1 is 1.25 bits per heavy atom. The van der Waals surface area contributed by atoms with E-state index in [1.807, 2.05) is 6.92 Å². The molecule has 0 spiro atoms. The Morgan fingerprint density at radius 3 is 2.70 bits per heavy atom. The van der Waals surface area contributed by atoms with Gasteiger partial charge in [0.15, 0.2) is 6.10 Å². The maximum atomic E-state index is 15.5. The van der Waals surface area contributed by atoms with Crippen molar-refractivity contribution in [3.05, 3.63) is 87.3 Å². The van der Waals surface area contributed by atoms with E-state index >= 15 is 4.39 Å². The molecule has 0 saturated heterocycles. The lowest BCUT2D eigenvalue weighted by Crippen LogP contribution is -2.43. The number of benzene rings is 2. The van der Waals surface area contributed by atoms with E-state index in [0.717, 1.165) is 6.42 Å². The van der Waals surface area contributed by atoms with Crippen LogP contribution in [0.4, 0.5) is 4.39 Å². The molecule has 0 amide bonds. The predicted octanol–water partition coefficient (Wildman–Crippen LogP) is 4.70. The fourth-order valence-electron chi connectivity index (χ4n) is 5.38. The molecule has 4 aromatic rings. The number of hydrogen-bond acceptors (Lipinski definition) is 6. The molecule has 1 aliphatic carbocycles. The van der Waals surface area contributed by atoms with Crippen molar-refractivity contribution in [3.63, 3.8) is 0 Å². The fourth-order valence-corrected chi connectivity index (χ4v) is 5.38. The summed E-state index contributed by atoms with van der Waals surface area (Å²) in [6.07, 6.45) is 2.93. The Balaban J connectivity index is 1.50. The Labute approximate surface area is 230 Å². The summed E-state index contributed by atoms with van der Waals surface area (Å²) in [5.41, 5.74) is 2.93. The van der Waals surface area contributed by atoms with Gasteiger partial charge in [0.25, 0.3) is 5.56 Å². The number of nitrogens with zero attached hydrogens (tertiary/aromatic N) is 5. The van der Waals surface area contributed by atoms with Crippen molar-refractivity contribution in [2.45, 2.75) is 70.6 Å². The molecule has 2 aromatic carbocycles. The van der Waals surface area contributed by atoms with Gasteiger partial charge < -0.3 is 9.84 Å². The Morgan fingerprint density at radius 2 is 2.02 bits per heavy atom. The molecule has 2 heterocycles. The first-order chi connectivity index (χ1) is 19.4. The van der Waals surface area contributed by atoms with E-state index < -0.39 is 17.9 Å². The zero-order valence-corrected chi connectivity index (χ0v) is 22.4. The van der Waals surface area contributed by atoms with Gasteiger partial charge in [0, 0.05) is 18.0 Å². The quantitative estimate of drug-likeness (QED) is 0.308. The molecule has 10 heteroatoms. The summed E-state index contributed by atoms with van der Waals surface area (Å²) in [6, 6.07) is 13.8. The number of fused-ring (bicyclic) bond motifs is 1. The number of aromatic nitrogens is 4. The lowest BCUT2D eigenvalue weighted by Gasteiger charge is -2.37. The smallest absolute Gasteiger partial charge is 0.332 e. The summed E-state index contributed by atoms with van der Waals surface area (Å²) >= 11 is 0. The highest BCUT2D eigenvalue weighted by molar-refractivity contribution is 5.72. The van der Waals surface area contributed by atoms with Crippen LogP contribution in [0, 0.1) is 17.1 Å². The zero-order chi connectivity index (χ0) is 28.4. The van der Waals surface area contributed by atoms with Gasteiger partial charge in [-0.1, -0.05) is 50.6 Å². The van der Waals surface area contributed by atoms with Crippen LogP contribution in [0.2, 0.25) is 0 Å². The maximum absolute atomic E-state index is 15.5. The first-order valence-electron chi connectivity index (χ1n) is 13.5. The van der Waals surface area contributed by atoms with Gasteiger partial charge in [-0.05, 0) is 54.5 Å². The van der Waals surface area contributed by atoms with Crippen molar-refractivity contribution in [3.8, 4) is 17.2 Å². The normalized spacial score (nSPS) is 17.4. The standard InChI is InChI=1S/C30H30FN5O4/c1-3-7-26-24(12-19-11-10-18(13-25(19)31)23-9-6-5-8-20(23)16-32)28(37)35(30-33-17-34-36(26)30)21-14-22(15-21)40-27(4-2)29(38)39/h5-6,8-11,13,17,21-22,27H,3-4,7,12,14-15H2,1-2H3,(H,38,39)/t21-,22-,27?. The summed E-state index contributed by atoms with van der Waals surface area (Å²) in [4.78, 5) is 29.7. The molecule has 40 heavy (non-hydrogen) atoms. The third kappa shape index (κ3) is 5.00. The number of carboxylic acids is 1. The largest absolute Gasteiger partial charge is 0.479 e. The zero-order valence-electron chi connectivity index (χ0n) is 22.4. The Bertz CT molecular complexity index is 1670. The molecule has 9 nitrogen and oxygen atoms in total. The van der Waals surface area contributed by atoms with Gasteiger partial charge in [-0.25, -0.2) is 13.7 Å². The number of aliphatic carboxylic acids is 1. The number of carbonyl (C=O) groups is 1. The summed E-state index contributed by atoms with van der Waals surface area (Å²) in [5.74, 6) is -1.05. The maximum Gasteiger partial charge on any atom is 0.332 e. The molecule has 1 unspecified atom stereocenters. The average Bonchev–Trinajstić information content (AvgIpc) is 3.41. The molecule has 0 radical (unpaired) electrons. The van der Waals surface area contributed by atoms with Crippen molar-refractivity contribution in [2.24, 2.45) is 0 Å². The van der Waals surface area contributed by atoms with Crippen molar-refractivity contribution in [1.82, 2.24) is 19.2 Å².